The van der Waals surface area contributed by atoms with E-state index in [0.717, 1.165) is 25.9 Å². The summed E-state index contributed by atoms with van der Waals surface area (Å²) >= 11 is 0. The SMILES string of the molecule is CC1COCCN1C(=O)C1(C)CCCN1. The first-order chi connectivity index (χ1) is 7.13. The van der Waals surface area contributed by atoms with Crippen LogP contribution in [0.2, 0.25) is 0 Å². The maximum atomic E-state index is 12.3. The second-order valence-electron chi connectivity index (χ2n) is 4.78. The van der Waals surface area contributed by atoms with Gasteiger partial charge in [0.2, 0.25) is 5.91 Å². The molecule has 1 N–H and O–H groups in total. The predicted molar refractivity (Wildman–Crippen MR) is 57.6 cm³/mol. The highest BCUT2D eigenvalue weighted by molar-refractivity contribution is 5.86. The number of morpholine rings is 1. The van der Waals surface area contributed by atoms with Crippen molar-refractivity contribution in [1.29, 1.82) is 0 Å². The minimum Gasteiger partial charge on any atom is -0.377 e. The Labute approximate surface area is 91.0 Å². The van der Waals surface area contributed by atoms with E-state index in [1.807, 2.05) is 11.8 Å². The molecule has 2 unspecified atom stereocenters. The minimum atomic E-state index is -0.328. The van der Waals surface area contributed by atoms with Gasteiger partial charge in [-0.25, -0.2) is 0 Å². The van der Waals surface area contributed by atoms with Crippen LogP contribution in [-0.4, -0.2) is 48.7 Å². The van der Waals surface area contributed by atoms with Crippen molar-refractivity contribution in [2.24, 2.45) is 0 Å². The highest BCUT2D eigenvalue weighted by Gasteiger charge is 2.40. The molecule has 0 aromatic heterocycles. The molecule has 1 amide bonds. The maximum Gasteiger partial charge on any atom is 0.242 e. The van der Waals surface area contributed by atoms with Crippen LogP contribution >= 0.6 is 0 Å². The van der Waals surface area contributed by atoms with Crippen molar-refractivity contribution in [3.8, 4) is 0 Å². The third-order valence-corrected chi connectivity index (χ3v) is 3.47. The van der Waals surface area contributed by atoms with Gasteiger partial charge >= 0.3 is 0 Å². The number of ether oxygens (including phenoxy) is 1. The molecule has 0 saturated carbocycles. The van der Waals surface area contributed by atoms with Crippen molar-refractivity contribution in [1.82, 2.24) is 10.2 Å². The van der Waals surface area contributed by atoms with E-state index in [-0.39, 0.29) is 17.5 Å². The molecular weight excluding hydrogens is 192 g/mol. The molecule has 2 atom stereocenters. The van der Waals surface area contributed by atoms with Gasteiger partial charge in [-0.3, -0.25) is 4.79 Å². The molecule has 0 aromatic carbocycles. The van der Waals surface area contributed by atoms with Gasteiger partial charge in [-0.2, -0.15) is 0 Å². The summed E-state index contributed by atoms with van der Waals surface area (Å²) in [5, 5.41) is 3.32. The van der Waals surface area contributed by atoms with Crippen molar-refractivity contribution in [2.75, 3.05) is 26.3 Å². The monoisotopic (exact) mass is 212 g/mol. The molecule has 0 bridgehead atoms. The Morgan fingerprint density at radius 2 is 2.40 bits per heavy atom. The number of hydrogen-bond acceptors (Lipinski definition) is 3. The van der Waals surface area contributed by atoms with E-state index in [1.165, 1.54) is 0 Å². The fourth-order valence-electron chi connectivity index (χ4n) is 2.42. The summed E-state index contributed by atoms with van der Waals surface area (Å²) in [6.07, 6.45) is 2.05. The lowest BCUT2D eigenvalue weighted by Crippen LogP contribution is -2.58. The molecule has 0 radical (unpaired) electrons. The highest BCUT2D eigenvalue weighted by atomic mass is 16.5. The van der Waals surface area contributed by atoms with Gasteiger partial charge in [0.25, 0.3) is 0 Å². The smallest absolute Gasteiger partial charge is 0.242 e. The largest absolute Gasteiger partial charge is 0.377 e. The van der Waals surface area contributed by atoms with Crippen molar-refractivity contribution in [3.05, 3.63) is 0 Å². The van der Waals surface area contributed by atoms with Crippen LogP contribution < -0.4 is 5.32 Å². The lowest BCUT2D eigenvalue weighted by atomic mass is 9.97. The lowest BCUT2D eigenvalue weighted by molar-refractivity contribution is -0.145. The molecule has 2 rings (SSSR count). The van der Waals surface area contributed by atoms with Crippen LogP contribution in [0.15, 0.2) is 0 Å². The van der Waals surface area contributed by atoms with E-state index in [1.54, 1.807) is 0 Å². The van der Waals surface area contributed by atoms with Crippen LogP contribution in [0.4, 0.5) is 0 Å². The average molecular weight is 212 g/mol. The average Bonchev–Trinajstić information content (AvgIpc) is 2.66. The summed E-state index contributed by atoms with van der Waals surface area (Å²) < 4.78 is 5.34. The van der Waals surface area contributed by atoms with Gasteiger partial charge in [0.05, 0.1) is 24.8 Å². The Balaban J connectivity index is 2.05. The Hall–Kier alpha value is -0.610. The Morgan fingerprint density at radius 3 is 3.00 bits per heavy atom. The molecule has 0 spiro atoms. The first-order valence-electron chi connectivity index (χ1n) is 5.77. The van der Waals surface area contributed by atoms with E-state index in [4.69, 9.17) is 4.74 Å². The van der Waals surface area contributed by atoms with Gasteiger partial charge in [-0.1, -0.05) is 0 Å². The van der Waals surface area contributed by atoms with Crippen LogP contribution in [0.25, 0.3) is 0 Å². The fourth-order valence-corrected chi connectivity index (χ4v) is 2.42. The topological polar surface area (TPSA) is 41.6 Å². The number of rotatable bonds is 1. The molecule has 4 heteroatoms. The summed E-state index contributed by atoms with van der Waals surface area (Å²) in [4.78, 5) is 14.3. The number of carbonyl (C=O) groups excluding carboxylic acids is 1. The number of nitrogens with zero attached hydrogens (tertiary/aromatic N) is 1. The number of amides is 1. The van der Waals surface area contributed by atoms with Gasteiger partial charge in [0.15, 0.2) is 0 Å². The molecule has 15 heavy (non-hydrogen) atoms. The van der Waals surface area contributed by atoms with Crippen molar-refractivity contribution < 1.29 is 9.53 Å². The summed E-state index contributed by atoms with van der Waals surface area (Å²) in [5.74, 6) is 0.246. The third-order valence-electron chi connectivity index (χ3n) is 3.47. The van der Waals surface area contributed by atoms with Crippen LogP contribution in [0.5, 0.6) is 0 Å². The Morgan fingerprint density at radius 1 is 1.60 bits per heavy atom. The minimum absolute atomic E-state index is 0.213. The highest BCUT2D eigenvalue weighted by Crippen LogP contribution is 2.23. The summed E-state index contributed by atoms with van der Waals surface area (Å²) in [7, 11) is 0. The zero-order valence-electron chi connectivity index (χ0n) is 9.58. The van der Waals surface area contributed by atoms with Crippen LogP contribution in [-0.2, 0) is 9.53 Å². The standard InChI is InChI=1S/C11H20N2O2/c1-9-8-15-7-6-13(9)10(14)11(2)4-3-5-12-11/h9,12H,3-8H2,1-2H3. The quantitative estimate of drug-likeness (QED) is 0.683. The molecule has 2 fully saturated rings. The zero-order valence-corrected chi connectivity index (χ0v) is 9.58. The molecule has 86 valence electrons. The zero-order chi connectivity index (χ0) is 10.9. The summed E-state index contributed by atoms with van der Waals surface area (Å²) in [6, 6.07) is 0.213. The molecule has 0 aromatic rings. The molecule has 0 aliphatic carbocycles. The van der Waals surface area contributed by atoms with Gasteiger partial charge < -0.3 is 15.0 Å². The molecular formula is C11H20N2O2. The fraction of sp³-hybridized carbons (Fsp3) is 0.909. The molecule has 2 saturated heterocycles. The maximum absolute atomic E-state index is 12.3. The normalized spacial score (nSPS) is 36.9. The lowest BCUT2D eigenvalue weighted by Gasteiger charge is -2.38. The predicted octanol–water partition coefficient (Wildman–Crippen LogP) is 0.376. The van der Waals surface area contributed by atoms with E-state index in [0.29, 0.717) is 13.2 Å². The van der Waals surface area contributed by atoms with Gasteiger partial charge in [0, 0.05) is 6.54 Å². The van der Waals surface area contributed by atoms with Gasteiger partial charge in [-0.05, 0) is 33.2 Å². The number of carbonyl (C=O) groups is 1. The van der Waals surface area contributed by atoms with Crippen molar-refractivity contribution in [2.45, 2.75) is 38.3 Å². The van der Waals surface area contributed by atoms with Gasteiger partial charge in [-0.15, -0.1) is 0 Å². The number of hydrogen-bond donors (Lipinski definition) is 1. The summed E-state index contributed by atoms with van der Waals surface area (Å²) in [6.45, 7) is 7.10. The van der Waals surface area contributed by atoms with E-state index < -0.39 is 0 Å². The van der Waals surface area contributed by atoms with Crippen molar-refractivity contribution >= 4 is 5.91 Å². The van der Waals surface area contributed by atoms with E-state index >= 15 is 0 Å². The van der Waals surface area contributed by atoms with E-state index in [9.17, 15) is 4.79 Å². The first kappa shape index (κ1) is 10.9. The molecule has 2 aliphatic heterocycles. The molecule has 4 nitrogen and oxygen atoms in total. The van der Waals surface area contributed by atoms with Gasteiger partial charge in [0.1, 0.15) is 0 Å². The van der Waals surface area contributed by atoms with Crippen LogP contribution in [0.3, 0.4) is 0 Å². The Bertz CT molecular complexity index is 249. The van der Waals surface area contributed by atoms with E-state index in [2.05, 4.69) is 12.2 Å². The summed E-state index contributed by atoms with van der Waals surface area (Å²) in [5.41, 5.74) is -0.328. The van der Waals surface area contributed by atoms with Crippen molar-refractivity contribution in [3.63, 3.8) is 0 Å². The Kier molecular flexibility index (Phi) is 2.98. The molecule has 2 heterocycles. The van der Waals surface area contributed by atoms with Crippen LogP contribution in [0, 0.1) is 0 Å². The second-order valence-corrected chi connectivity index (χ2v) is 4.78. The van der Waals surface area contributed by atoms with Crippen LogP contribution in [0.1, 0.15) is 26.7 Å². The second kappa shape index (κ2) is 4.10. The third kappa shape index (κ3) is 2.01. The number of nitrogens with one attached hydrogen (secondary N) is 1. The molecule has 2 aliphatic rings. The first-order valence-corrected chi connectivity index (χ1v) is 5.77.